The molecular weight excluding hydrogens is 206 g/mol. The number of thiophene rings is 1. The molecule has 2 N–H and O–H groups in total. The van der Waals surface area contributed by atoms with Crippen LogP contribution in [-0.4, -0.2) is 17.2 Å². The summed E-state index contributed by atoms with van der Waals surface area (Å²) in [7, 11) is -1.50. The quantitative estimate of drug-likeness (QED) is 0.698. The molecule has 0 fully saturated rings. The summed E-state index contributed by atoms with van der Waals surface area (Å²) in [5.41, 5.74) is 0.405. The highest BCUT2D eigenvalue weighted by molar-refractivity contribution is 7.24. The van der Waals surface area contributed by atoms with Gasteiger partial charge < -0.3 is 10.0 Å². The predicted molar refractivity (Wildman–Crippen MR) is 56.7 cm³/mol. The Morgan fingerprint density at radius 2 is 1.92 bits per heavy atom. The summed E-state index contributed by atoms with van der Waals surface area (Å²) < 4.78 is 1.41. The monoisotopic (exact) mass is 212 g/mol. The van der Waals surface area contributed by atoms with Gasteiger partial charge in [-0.05, 0) is 11.5 Å². The summed E-state index contributed by atoms with van der Waals surface area (Å²) in [6, 6.07) is 7.46. The second kappa shape index (κ2) is 3.31. The summed E-state index contributed by atoms with van der Waals surface area (Å²) in [4.78, 5) is 0. The van der Waals surface area contributed by atoms with E-state index in [1.807, 2.05) is 24.3 Å². The van der Waals surface area contributed by atoms with E-state index in [1.165, 1.54) is 11.3 Å². The van der Waals surface area contributed by atoms with Crippen LogP contribution in [0.15, 0.2) is 24.3 Å². The van der Waals surface area contributed by atoms with E-state index in [0.29, 0.717) is 9.80 Å². The number of fused-ring (bicyclic) bond motifs is 1. The van der Waals surface area contributed by atoms with Crippen LogP contribution in [0.25, 0.3) is 10.1 Å². The molecule has 13 heavy (non-hydrogen) atoms. The molecule has 2 rings (SSSR count). The number of rotatable bonds is 1. The van der Waals surface area contributed by atoms with E-state index in [4.69, 9.17) is 21.6 Å². The van der Waals surface area contributed by atoms with Gasteiger partial charge in [0.15, 0.2) is 0 Å². The average molecular weight is 212 g/mol. The van der Waals surface area contributed by atoms with Crippen molar-refractivity contribution in [3.8, 4) is 0 Å². The maximum absolute atomic E-state index is 9.07. The number of benzene rings is 1. The molecule has 0 aliphatic rings. The minimum absolute atomic E-state index is 0.405. The van der Waals surface area contributed by atoms with Crippen molar-refractivity contribution in [3.05, 3.63) is 28.6 Å². The zero-order valence-corrected chi connectivity index (χ0v) is 8.14. The van der Waals surface area contributed by atoms with E-state index < -0.39 is 7.12 Å². The van der Waals surface area contributed by atoms with Crippen LogP contribution < -0.4 is 5.46 Å². The zero-order chi connectivity index (χ0) is 9.42. The van der Waals surface area contributed by atoms with Gasteiger partial charge in [0, 0.05) is 10.2 Å². The molecule has 0 bridgehead atoms. The molecule has 0 radical (unpaired) electrons. The number of halogens is 1. The van der Waals surface area contributed by atoms with Crippen molar-refractivity contribution in [1.29, 1.82) is 0 Å². The Labute approximate surface area is 84.5 Å². The van der Waals surface area contributed by atoms with Gasteiger partial charge in [0.05, 0.1) is 4.34 Å². The molecule has 66 valence electrons. The summed E-state index contributed by atoms with van der Waals surface area (Å²) in [5.74, 6) is 0. The maximum Gasteiger partial charge on any atom is 0.491 e. The van der Waals surface area contributed by atoms with Crippen molar-refractivity contribution in [2.45, 2.75) is 0 Å². The Morgan fingerprint density at radius 1 is 1.23 bits per heavy atom. The van der Waals surface area contributed by atoms with Crippen molar-refractivity contribution in [2.24, 2.45) is 0 Å². The van der Waals surface area contributed by atoms with Crippen molar-refractivity contribution < 1.29 is 10.0 Å². The third-order valence-electron chi connectivity index (χ3n) is 1.85. The molecule has 0 aliphatic carbocycles. The third kappa shape index (κ3) is 1.46. The largest absolute Gasteiger partial charge is 0.491 e. The predicted octanol–water partition coefficient (Wildman–Crippen LogP) is 1.23. The molecule has 0 saturated heterocycles. The molecule has 0 spiro atoms. The Bertz CT molecular complexity index is 441. The molecular formula is C8H6BClO2S. The highest BCUT2D eigenvalue weighted by Crippen LogP contribution is 2.26. The van der Waals surface area contributed by atoms with Gasteiger partial charge in [0.2, 0.25) is 0 Å². The van der Waals surface area contributed by atoms with E-state index in [1.54, 1.807) is 0 Å². The van der Waals surface area contributed by atoms with Gasteiger partial charge in [-0.15, -0.1) is 11.3 Å². The molecule has 0 amide bonds. The van der Waals surface area contributed by atoms with Gasteiger partial charge >= 0.3 is 7.12 Å². The molecule has 2 aromatic rings. The lowest BCUT2D eigenvalue weighted by Gasteiger charge is -1.96. The minimum atomic E-state index is -1.50. The summed E-state index contributed by atoms with van der Waals surface area (Å²) in [6.45, 7) is 0. The summed E-state index contributed by atoms with van der Waals surface area (Å²) in [5, 5.41) is 19.0. The van der Waals surface area contributed by atoms with E-state index in [2.05, 4.69) is 0 Å². The average Bonchev–Trinajstić information content (AvgIpc) is 2.39. The van der Waals surface area contributed by atoms with Gasteiger partial charge in [-0.25, -0.2) is 0 Å². The van der Waals surface area contributed by atoms with E-state index in [-0.39, 0.29) is 0 Å². The maximum atomic E-state index is 9.07. The van der Waals surface area contributed by atoms with Crippen molar-refractivity contribution in [2.75, 3.05) is 0 Å². The standard InChI is InChI=1S/C8H6BClO2S/c10-8-7(9(11)12)5-3-1-2-4-6(5)13-8/h1-4,11-12H. The molecule has 1 aromatic heterocycles. The van der Waals surface area contributed by atoms with Gasteiger partial charge in [0.1, 0.15) is 0 Å². The van der Waals surface area contributed by atoms with Crippen LogP contribution >= 0.6 is 22.9 Å². The second-order valence-corrected chi connectivity index (χ2v) is 4.31. The van der Waals surface area contributed by atoms with Crippen LogP contribution in [0, 0.1) is 0 Å². The fourth-order valence-electron chi connectivity index (χ4n) is 1.28. The van der Waals surface area contributed by atoms with E-state index in [0.717, 1.165) is 10.1 Å². The van der Waals surface area contributed by atoms with Gasteiger partial charge in [-0.2, -0.15) is 0 Å². The summed E-state index contributed by atoms with van der Waals surface area (Å²) >= 11 is 7.21. The molecule has 0 saturated carbocycles. The molecule has 0 unspecified atom stereocenters. The SMILES string of the molecule is OB(O)c1c(Cl)sc2ccccc12. The van der Waals surface area contributed by atoms with Crippen LogP contribution in [-0.2, 0) is 0 Å². The molecule has 1 heterocycles. The van der Waals surface area contributed by atoms with Crippen LogP contribution in [0.1, 0.15) is 0 Å². The third-order valence-corrected chi connectivity index (χ3v) is 3.26. The molecule has 0 atom stereocenters. The van der Waals surface area contributed by atoms with Gasteiger partial charge in [-0.1, -0.05) is 29.8 Å². The molecule has 0 aliphatic heterocycles. The highest BCUT2D eigenvalue weighted by Gasteiger charge is 2.20. The number of hydrogen-bond donors (Lipinski definition) is 2. The first-order valence-electron chi connectivity index (χ1n) is 3.73. The Morgan fingerprint density at radius 3 is 2.62 bits per heavy atom. The fraction of sp³-hybridized carbons (Fsp3) is 0. The van der Waals surface area contributed by atoms with Crippen molar-refractivity contribution >= 4 is 45.6 Å². The normalized spacial score (nSPS) is 10.7. The first-order valence-corrected chi connectivity index (χ1v) is 4.92. The highest BCUT2D eigenvalue weighted by atomic mass is 35.5. The van der Waals surface area contributed by atoms with Crippen molar-refractivity contribution in [1.82, 2.24) is 0 Å². The topological polar surface area (TPSA) is 40.5 Å². The molecule has 5 heteroatoms. The van der Waals surface area contributed by atoms with Crippen LogP contribution in [0.4, 0.5) is 0 Å². The smallest absolute Gasteiger partial charge is 0.423 e. The Kier molecular flexibility index (Phi) is 2.30. The lowest BCUT2D eigenvalue weighted by molar-refractivity contribution is 0.426. The van der Waals surface area contributed by atoms with Crippen LogP contribution in [0.2, 0.25) is 4.34 Å². The molecule has 2 nitrogen and oxygen atoms in total. The zero-order valence-electron chi connectivity index (χ0n) is 6.57. The fourth-order valence-corrected chi connectivity index (χ4v) is 2.68. The first-order chi connectivity index (χ1) is 6.20. The Balaban J connectivity index is 2.78. The van der Waals surface area contributed by atoms with Crippen molar-refractivity contribution in [3.63, 3.8) is 0 Å². The van der Waals surface area contributed by atoms with Crippen LogP contribution in [0.3, 0.4) is 0 Å². The van der Waals surface area contributed by atoms with E-state index >= 15 is 0 Å². The molecule has 1 aromatic carbocycles. The Hall–Kier alpha value is -0.545. The lowest BCUT2D eigenvalue weighted by atomic mass is 9.80. The lowest BCUT2D eigenvalue weighted by Crippen LogP contribution is -2.29. The van der Waals surface area contributed by atoms with Gasteiger partial charge in [-0.3, -0.25) is 0 Å². The van der Waals surface area contributed by atoms with E-state index in [9.17, 15) is 0 Å². The van der Waals surface area contributed by atoms with Crippen LogP contribution in [0.5, 0.6) is 0 Å². The first kappa shape index (κ1) is 9.03. The summed E-state index contributed by atoms with van der Waals surface area (Å²) in [6.07, 6.45) is 0. The second-order valence-electron chi connectivity index (χ2n) is 2.66. The number of hydrogen-bond acceptors (Lipinski definition) is 3. The van der Waals surface area contributed by atoms with Gasteiger partial charge in [0.25, 0.3) is 0 Å². The minimum Gasteiger partial charge on any atom is -0.423 e.